The molecule has 2 heterocycles. The van der Waals surface area contributed by atoms with Crippen molar-refractivity contribution in [2.45, 2.75) is 38.3 Å². The van der Waals surface area contributed by atoms with Crippen LogP contribution < -0.4 is 11.1 Å². The summed E-state index contributed by atoms with van der Waals surface area (Å²) in [6.45, 7) is 3.17. The van der Waals surface area contributed by atoms with Crippen LogP contribution in [0.4, 0.5) is 0 Å². The molecule has 20 heavy (non-hydrogen) atoms. The second kappa shape index (κ2) is 7.82. The minimum absolute atomic E-state index is 0.0292. The molecule has 108 valence electrons. The van der Waals surface area contributed by atoms with Crippen molar-refractivity contribution in [3.63, 3.8) is 0 Å². The molecule has 0 aromatic carbocycles. The zero-order chi connectivity index (χ0) is 14.2. The van der Waals surface area contributed by atoms with E-state index in [1.54, 1.807) is 12.5 Å². The van der Waals surface area contributed by atoms with Crippen molar-refractivity contribution in [3.8, 4) is 0 Å². The summed E-state index contributed by atoms with van der Waals surface area (Å²) in [6.07, 6.45) is 10.2. The molecule has 4 nitrogen and oxygen atoms in total. The number of pyridine rings is 1. The van der Waals surface area contributed by atoms with Gasteiger partial charge in [0.2, 0.25) is 0 Å². The molecule has 0 saturated carbocycles. The minimum atomic E-state index is 0.0292. The summed E-state index contributed by atoms with van der Waals surface area (Å²) in [4.78, 5) is 4.12. The highest BCUT2D eigenvalue weighted by molar-refractivity contribution is 5.15. The van der Waals surface area contributed by atoms with Gasteiger partial charge in [0.1, 0.15) is 0 Å². The molecule has 2 unspecified atom stereocenters. The molecule has 0 fully saturated rings. The van der Waals surface area contributed by atoms with Gasteiger partial charge in [0, 0.05) is 30.0 Å². The number of nitrogens with zero attached hydrogens (tertiary/aromatic N) is 1. The molecule has 0 amide bonds. The molecule has 2 aromatic heterocycles. The summed E-state index contributed by atoms with van der Waals surface area (Å²) in [6, 6.07) is 6.31. The highest BCUT2D eigenvalue weighted by Crippen LogP contribution is 2.23. The summed E-state index contributed by atoms with van der Waals surface area (Å²) in [5.74, 6) is 0. The fourth-order valence-corrected chi connectivity index (χ4v) is 2.29. The van der Waals surface area contributed by atoms with E-state index in [9.17, 15) is 0 Å². The van der Waals surface area contributed by atoms with Gasteiger partial charge in [-0.05, 0) is 43.5 Å². The van der Waals surface area contributed by atoms with Gasteiger partial charge in [-0.25, -0.2) is 0 Å². The zero-order valence-electron chi connectivity index (χ0n) is 12.0. The molecule has 3 N–H and O–H groups in total. The van der Waals surface area contributed by atoms with Crippen LogP contribution in [-0.2, 0) is 0 Å². The summed E-state index contributed by atoms with van der Waals surface area (Å²) in [5.41, 5.74) is 8.52. The van der Waals surface area contributed by atoms with E-state index in [0.29, 0.717) is 6.04 Å². The smallest absolute Gasteiger partial charge is 0.0950 e. The van der Waals surface area contributed by atoms with Crippen molar-refractivity contribution in [1.29, 1.82) is 0 Å². The lowest BCUT2D eigenvalue weighted by molar-refractivity contribution is 0.453. The molecule has 0 aliphatic carbocycles. The quantitative estimate of drug-likeness (QED) is 0.775. The lowest BCUT2D eigenvalue weighted by Crippen LogP contribution is -2.23. The van der Waals surface area contributed by atoms with Crippen LogP contribution in [0, 0.1) is 0 Å². The normalized spacial score (nSPS) is 14.1. The molecule has 2 rings (SSSR count). The maximum atomic E-state index is 6.23. The van der Waals surface area contributed by atoms with Gasteiger partial charge in [0.25, 0.3) is 0 Å². The summed E-state index contributed by atoms with van der Waals surface area (Å²) in [5, 5.41) is 3.55. The van der Waals surface area contributed by atoms with Gasteiger partial charge >= 0.3 is 0 Å². The Balaban J connectivity index is 1.91. The van der Waals surface area contributed by atoms with E-state index < -0.39 is 0 Å². The highest BCUT2D eigenvalue weighted by atomic mass is 16.3. The maximum Gasteiger partial charge on any atom is 0.0950 e. The molecule has 0 saturated heterocycles. The fourth-order valence-electron chi connectivity index (χ4n) is 2.29. The van der Waals surface area contributed by atoms with Gasteiger partial charge in [0.05, 0.1) is 12.5 Å². The Bertz CT molecular complexity index is 470. The molecule has 0 aliphatic rings. The summed E-state index contributed by atoms with van der Waals surface area (Å²) in [7, 11) is 0. The van der Waals surface area contributed by atoms with Crippen molar-refractivity contribution < 1.29 is 4.42 Å². The number of rotatable bonds is 8. The largest absolute Gasteiger partial charge is 0.472 e. The second-order valence-corrected chi connectivity index (χ2v) is 5.03. The first-order chi connectivity index (χ1) is 9.81. The van der Waals surface area contributed by atoms with Gasteiger partial charge < -0.3 is 15.5 Å². The van der Waals surface area contributed by atoms with Gasteiger partial charge in [-0.15, -0.1) is 0 Å². The molecule has 0 bridgehead atoms. The first kappa shape index (κ1) is 14.8. The van der Waals surface area contributed by atoms with Gasteiger partial charge in [-0.2, -0.15) is 0 Å². The Morgan fingerprint density at radius 2 is 2.20 bits per heavy atom. The molecule has 0 radical (unpaired) electrons. The molecular weight excluding hydrogens is 250 g/mol. The lowest BCUT2D eigenvalue weighted by Gasteiger charge is -2.19. The molecule has 2 aromatic rings. The molecule has 0 spiro atoms. The third-order valence-electron chi connectivity index (χ3n) is 3.47. The minimum Gasteiger partial charge on any atom is -0.472 e. The number of aromatic nitrogens is 1. The van der Waals surface area contributed by atoms with E-state index in [1.165, 1.54) is 5.56 Å². The Morgan fingerprint density at radius 3 is 2.85 bits per heavy atom. The van der Waals surface area contributed by atoms with Crippen LogP contribution in [0.5, 0.6) is 0 Å². The Labute approximate surface area is 120 Å². The zero-order valence-corrected chi connectivity index (χ0v) is 12.0. The Kier molecular flexibility index (Phi) is 5.77. The van der Waals surface area contributed by atoms with Crippen LogP contribution in [0.3, 0.4) is 0 Å². The highest BCUT2D eigenvalue weighted by Gasteiger charge is 2.14. The summed E-state index contributed by atoms with van der Waals surface area (Å²) < 4.78 is 5.19. The van der Waals surface area contributed by atoms with Gasteiger partial charge in [0.15, 0.2) is 0 Å². The van der Waals surface area contributed by atoms with Gasteiger partial charge in [-0.1, -0.05) is 13.0 Å². The predicted molar refractivity (Wildman–Crippen MR) is 80.1 cm³/mol. The fraction of sp³-hybridized carbons (Fsp3) is 0.438. The second-order valence-electron chi connectivity index (χ2n) is 5.03. The maximum absolute atomic E-state index is 6.23. The average molecular weight is 273 g/mol. The van der Waals surface area contributed by atoms with Gasteiger partial charge in [-0.3, -0.25) is 4.98 Å². The van der Waals surface area contributed by atoms with E-state index in [-0.39, 0.29) is 6.04 Å². The molecule has 0 aliphatic heterocycles. The van der Waals surface area contributed by atoms with Crippen molar-refractivity contribution in [3.05, 3.63) is 54.2 Å². The van der Waals surface area contributed by atoms with E-state index in [1.807, 2.05) is 30.7 Å². The predicted octanol–water partition coefficient (Wildman–Crippen LogP) is 3.20. The van der Waals surface area contributed by atoms with Crippen molar-refractivity contribution in [2.24, 2.45) is 5.73 Å². The molecular formula is C16H23N3O. The number of nitrogens with one attached hydrogen (secondary N) is 1. The first-order valence-corrected chi connectivity index (χ1v) is 7.22. The standard InChI is InChI=1S/C16H23N3O/c1-2-8-19-16(14-7-10-20-12-14)6-5-15(17)13-4-3-9-18-11-13/h3-4,7,9-12,15-16,19H,2,5-6,8,17H2,1H3. The first-order valence-electron chi connectivity index (χ1n) is 7.22. The van der Waals surface area contributed by atoms with Crippen LogP contribution in [-0.4, -0.2) is 11.5 Å². The third kappa shape index (κ3) is 4.18. The number of hydrogen-bond acceptors (Lipinski definition) is 4. The topological polar surface area (TPSA) is 64.1 Å². The van der Waals surface area contributed by atoms with E-state index >= 15 is 0 Å². The van der Waals surface area contributed by atoms with E-state index in [4.69, 9.17) is 10.2 Å². The van der Waals surface area contributed by atoms with Crippen LogP contribution in [0.1, 0.15) is 49.4 Å². The summed E-state index contributed by atoms with van der Waals surface area (Å²) >= 11 is 0. The monoisotopic (exact) mass is 273 g/mol. The van der Waals surface area contributed by atoms with Crippen molar-refractivity contribution in [2.75, 3.05) is 6.54 Å². The van der Waals surface area contributed by atoms with E-state index in [2.05, 4.69) is 17.2 Å². The number of nitrogens with two attached hydrogens (primary N) is 1. The SMILES string of the molecule is CCCNC(CCC(N)c1cccnc1)c1ccoc1. The van der Waals surface area contributed by atoms with Crippen molar-refractivity contribution in [1.82, 2.24) is 10.3 Å². The molecule has 2 atom stereocenters. The Morgan fingerprint density at radius 1 is 1.30 bits per heavy atom. The van der Waals surface area contributed by atoms with Crippen molar-refractivity contribution >= 4 is 0 Å². The average Bonchev–Trinajstić information content (AvgIpc) is 3.02. The number of furan rings is 1. The number of hydrogen-bond donors (Lipinski definition) is 2. The van der Waals surface area contributed by atoms with Crippen LogP contribution >= 0.6 is 0 Å². The van der Waals surface area contributed by atoms with Crippen LogP contribution in [0.2, 0.25) is 0 Å². The lowest BCUT2D eigenvalue weighted by atomic mass is 9.98. The molecule has 4 heteroatoms. The Hall–Kier alpha value is -1.65. The third-order valence-corrected chi connectivity index (χ3v) is 3.47. The van der Waals surface area contributed by atoms with E-state index in [0.717, 1.165) is 31.4 Å². The van der Waals surface area contributed by atoms with Crippen LogP contribution in [0.15, 0.2) is 47.5 Å². The van der Waals surface area contributed by atoms with Crippen LogP contribution in [0.25, 0.3) is 0 Å².